The quantitative estimate of drug-likeness (QED) is 0.593. The average molecular weight is 401 g/mol. The van der Waals surface area contributed by atoms with Gasteiger partial charge in [-0.25, -0.2) is 15.0 Å². The van der Waals surface area contributed by atoms with Crippen LogP contribution in [-0.4, -0.2) is 65.3 Å². The van der Waals surface area contributed by atoms with Crippen LogP contribution >= 0.6 is 0 Å². The van der Waals surface area contributed by atoms with E-state index in [-0.39, 0.29) is 12.1 Å². The molecule has 5 aliphatic rings. The van der Waals surface area contributed by atoms with Crippen LogP contribution in [0.1, 0.15) is 44.8 Å². The number of aliphatic hydroxyl groups is 3. The van der Waals surface area contributed by atoms with Gasteiger partial charge in [0.25, 0.3) is 0 Å². The standard InChI is InChI=1S/C20H27N5O4/c26-7-13-15(27)16(28)19(29-13)25-9-23-14-17(21-8-22-18(14)25)24-20-4-10-1-11(5-20)3-12(2-10)6-20/h8-13,15-16,19,26-28H,1-7H2,(H,21,22,24)/t10?,11?,12?,13-,15?,16?,19-,20?/m1/s1. The molecule has 2 unspecified atom stereocenters. The molecule has 4 N–H and O–H groups in total. The van der Waals surface area contributed by atoms with E-state index in [1.165, 1.54) is 44.9 Å². The second-order valence-corrected chi connectivity index (χ2v) is 9.60. The third kappa shape index (κ3) is 2.71. The smallest absolute Gasteiger partial charge is 0.167 e. The zero-order valence-corrected chi connectivity index (χ0v) is 16.2. The third-order valence-electron chi connectivity index (χ3n) is 7.57. The Labute approximate surface area is 168 Å². The van der Waals surface area contributed by atoms with Crippen LogP contribution in [0.5, 0.6) is 0 Å². The highest BCUT2D eigenvalue weighted by Gasteiger charge is 2.51. The highest BCUT2D eigenvalue weighted by molar-refractivity contribution is 5.83. The van der Waals surface area contributed by atoms with E-state index >= 15 is 0 Å². The summed E-state index contributed by atoms with van der Waals surface area (Å²) in [4.78, 5) is 13.4. The van der Waals surface area contributed by atoms with Gasteiger partial charge in [-0.05, 0) is 56.3 Å². The van der Waals surface area contributed by atoms with Crippen LogP contribution in [0.4, 0.5) is 5.82 Å². The molecule has 9 nitrogen and oxygen atoms in total. The van der Waals surface area contributed by atoms with E-state index in [0.717, 1.165) is 23.6 Å². The van der Waals surface area contributed by atoms with Gasteiger partial charge in [0.15, 0.2) is 23.2 Å². The van der Waals surface area contributed by atoms with E-state index < -0.39 is 24.5 Å². The largest absolute Gasteiger partial charge is 0.394 e. The fraction of sp³-hybridized carbons (Fsp3) is 0.750. The van der Waals surface area contributed by atoms with Crippen LogP contribution < -0.4 is 5.32 Å². The topological polar surface area (TPSA) is 126 Å². The molecular formula is C20H27N5O4. The maximum Gasteiger partial charge on any atom is 0.167 e. The molecule has 3 heterocycles. The minimum Gasteiger partial charge on any atom is -0.394 e. The summed E-state index contributed by atoms with van der Waals surface area (Å²) in [5, 5.41) is 33.6. The van der Waals surface area contributed by atoms with Crippen LogP contribution in [0, 0.1) is 17.8 Å². The number of fused-ring (bicyclic) bond motifs is 1. The summed E-state index contributed by atoms with van der Waals surface area (Å²) in [7, 11) is 0. The van der Waals surface area contributed by atoms with Crippen molar-refractivity contribution < 1.29 is 20.1 Å². The van der Waals surface area contributed by atoms with Crippen LogP contribution in [0.25, 0.3) is 11.2 Å². The van der Waals surface area contributed by atoms with Crippen molar-refractivity contribution in [2.24, 2.45) is 17.8 Å². The number of nitrogens with zero attached hydrogens (tertiary/aromatic N) is 4. The van der Waals surface area contributed by atoms with Crippen molar-refractivity contribution >= 4 is 17.0 Å². The molecule has 4 atom stereocenters. The zero-order valence-electron chi connectivity index (χ0n) is 16.2. The summed E-state index contributed by atoms with van der Waals surface area (Å²) in [6.45, 7) is -0.366. The van der Waals surface area contributed by atoms with Crippen molar-refractivity contribution in [2.75, 3.05) is 11.9 Å². The summed E-state index contributed by atoms with van der Waals surface area (Å²) in [6.07, 6.45) is 6.76. The first-order chi connectivity index (χ1) is 14.0. The zero-order chi connectivity index (χ0) is 19.8. The van der Waals surface area contributed by atoms with E-state index in [1.807, 2.05) is 0 Å². The van der Waals surface area contributed by atoms with Gasteiger partial charge in [-0.3, -0.25) is 4.57 Å². The summed E-state index contributed by atoms with van der Waals surface area (Å²) < 4.78 is 7.27. The number of rotatable bonds is 4. The molecule has 0 amide bonds. The van der Waals surface area contributed by atoms with Crippen molar-refractivity contribution in [3.63, 3.8) is 0 Å². The van der Waals surface area contributed by atoms with Crippen LogP contribution in [0.3, 0.4) is 0 Å². The van der Waals surface area contributed by atoms with E-state index in [0.29, 0.717) is 11.2 Å². The Hall–Kier alpha value is -1.81. The minimum atomic E-state index is -1.17. The molecule has 1 aliphatic heterocycles. The number of anilines is 1. The average Bonchev–Trinajstić information content (AvgIpc) is 3.23. The van der Waals surface area contributed by atoms with Crippen LogP contribution in [0.15, 0.2) is 12.7 Å². The number of ether oxygens (including phenoxy) is 1. The van der Waals surface area contributed by atoms with E-state index in [1.54, 1.807) is 10.9 Å². The Morgan fingerprint density at radius 3 is 2.34 bits per heavy atom. The van der Waals surface area contributed by atoms with Crippen molar-refractivity contribution in [1.29, 1.82) is 0 Å². The molecule has 2 aromatic heterocycles. The number of hydrogen-bond donors (Lipinski definition) is 4. The second-order valence-electron chi connectivity index (χ2n) is 9.60. The fourth-order valence-corrected chi connectivity index (χ4v) is 6.75. The Kier molecular flexibility index (Phi) is 3.94. The number of imidazole rings is 1. The van der Waals surface area contributed by atoms with E-state index in [4.69, 9.17) is 4.74 Å². The molecular weight excluding hydrogens is 374 g/mol. The summed E-state index contributed by atoms with van der Waals surface area (Å²) in [5.74, 6) is 3.19. The minimum absolute atomic E-state index is 0.0986. The lowest BCUT2D eigenvalue weighted by molar-refractivity contribution is -0.0511. The van der Waals surface area contributed by atoms with Crippen molar-refractivity contribution in [3.05, 3.63) is 12.7 Å². The molecule has 9 heteroatoms. The predicted octanol–water partition coefficient (Wildman–Crippen LogP) is 0.818. The number of nitrogens with one attached hydrogen (secondary N) is 1. The van der Waals surface area contributed by atoms with Gasteiger partial charge in [0.1, 0.15) is 24.6 Å². The molecule has 0 spiro atoms. The maximum absolute atomic E-state index is 10.4. The Morgan fingerprint density at radius 2 is 1.72 bits per heavy atom. The molecule has 0 radical (unpaired) electrons. The van der Waals surface area contributed by atoms with Crippen molar-refractivity contribution in [2.45, 2.75) is 68.6 Å². The molecule has 7 rings (SSSR count). The summed E-state index contributed by atoms with van der Waals surface area (Å²) in [5.41, 5.74) is 1.28. The molecule has 29 heavy (non-hydrogen) atoms. The number of aromatic nitrogens is 4. The van der Waals surface area contributed by atoms with Crippen molar-refractivity contribution in [1.82, 2.24) is 19.5 Å². The molecule has 0 aromatic carbocycles. The van der Waals surface area contributed by atoms with Gasteiger partial charge in [-0.1, -0.05) is 0 Å². The fourth-order valence-electron chi connectivity index (χ4n) is 6.75. The number of aliphatic hydroxyl groups excluding tert-OH is 3. The van der Waals surface area contributed by atoms with Gasteiger partial charge < -0.3 is 25.4 Å². The Morgan fingerprint density at radius 1 is 1.03 bits per heavy atom. The maximum atomic E-state index is 10.4. The summed E-state index contributed by atoms with van der Waals surface area (Å²) in [6, 6.07) is 0. The highest BCUT2D eigenvalue weighted by atomic mass is 16.6. The molecule has 4 aliphatic carbocycles. The van der Waals surface area contributed by atoms with Gasteiger partial charge in [0, 0.05) is 5.54 Å². The third-order valence-corrected chi connectivity index (χ3v) is 7.57. The van der Waals surface area contributed by atoms with Crippen LogP contribution in [-0.2, 0) is 4.74 Å². The van der Waals surface area contributed by atoms with Gasteiger partial charge in [0.2, 0.25) is 0 Å². The lowest BCUT2D eigenvalue weighted by Crippen LogP contribution is -2.54. The first-order valence-corrected chi connectivity index (χ1v) is 10.6. The van der Waals surface area contributed by atoms with Gasteiger partial charge >= 0.3 is 0 Å². The van der Waals surface area contributed by atoms with E-state index in [9.17, 15) is 15.3 Å². The monoisotopic (exact) mass is 401 g/mol. The predicted molar refractivity (Wildman–Crippen MR) is 103 cm³/mol. The molecule has 156 valence electrons. The highest BCUT2D eigenvalue weighted by Crippen LogP contribution is 2.56. The first kappa shape index (κ1) is 18.0. The van der Waals surface area contributed by atoms with Gasteiger partial charge in [0.05, 0.1) is 12.9 Å². The Balaban J connectivity index is 1.33. The lowest BCUT2D eigenvalue weighted by atomic mass is 9.53. The SMILES string of the molecule is OC[C@H]1O[C@@H](n2cnc3c(NC45CC6CC(CC(C6)C4)C5)ncnc32)C(O)C1O. The van der Waals surface area contributed by atoms with E-state index in [2.05, 4.69) is 20.3 Å². The molecule has 1 saturated heterocycles. The van der Waals surface area contributed by atoms with Crippen molar-refractivity contribution in [3.8, 4) is 0 Å². The molecule has 2 aromatic rings. The van der Waals surface area contributed by atoms with Gasteiger partial charge in [-0.15, -0.1) is 0 Å². The van der Waals surface area contributed by atoms with Crippen LogP contribution in [0.2, 0.25) is 0 Å². The molecule has 4 bridgehead atoms. The molecule has 5 fully saturated rings. The summed E-state index contributed by atoms with van der Waals surface area (Å²) >= 11 is 0. The number of hydrogen-bond acceptors (Lipinski definition) is 8. The normalized spacial score (nSPS) is 43.3. The van der Waals surface area contributed by atoms with Gasteiger partial charge in [-0.2, -0.15) is 0 Å². The second kappa shape index (κ2) is 6.34. The molecule has 4 saturated carbocycles. The lowest BCUT2D eigenvalue weighted by Gasteiger charge is -2.57. The Bertz CT molecular complexity index is 897. The first-order valence-electron chi connectivity index (χ1n) is 10.6.